The van der Waals surface area contributed by atoms with Crippen molar-refractivity contribution in [1.29, 1.82) is 0 Å². The Kier molecular flexibility index (Phi) is 1.54. The Morgan fingerprint density at radius 3 is 2.92 bits per heavy atom. The minimum Gasteiger partial charge on any atom is -0.362 e. The molecule has 2 aromatic rings. The summed E-state index contributed by atoms with van der Waals surface area (Å²) in [5, 5.41) is 2.80. The number of aromatic amines is 1. The molecule has 0 amide bonds. The maximum absolute atomic E-state index is 11.2. The lowest BCUT2D eigenvalue weighted by Crippen LogP contribution is -2.13. The summed E-state index contributed by atoms with van der Waals surface area (Å²) in [6.45, 7) is 0. The second-order valence-electron chi connectivity index (χ2n) is 2.81. The molecule has 0 unspecified atom stereocenters. The van der Waals surface area contributed by atoms with E-state index in [1.807, 2.05) is 0 Å². The molecule has 0 saturated heterocycles. The highest BCUT2D eigenvalue weighted by molar-refractivity contribution is 5.85. The van der Waals surface area contributed by atoms with Gasteiger partial charge in [-0.15, -0.1) is 0 Å². The smallest absolute Gasteiger partial charge is 0.362 e. The second-order valence-corrected chi connectivity index (χ2v) is 2.81. The van der Waals surface area contributed by atoms with Crippen molar-refractivity contribution in [2.75, 3.05) is 19.0 Å². The van der Waals surface area contributed by atoms with Gasteiger partial charge in [-0.1, -0.05) is 0 Å². The average molecular weight is 180 g/mol. The van der Waals surface area contributed by atoms with Crippen molar-refractivity contribution < 1.29 is 4.52 Å². The van der Waals surface area contributed by atoms with Gasteiger partial charge in [0.1, 0.15) is 17.5 Å². The molecular formula is C7H8N4O2. The molecule has 0 fully saturated rings. The Labute approximate surface area is 73.2 Å². The van der Waals surface area contributed by atoms with Crippen LogP contribution >= 0.6 is 0 Å². The number of hydrogen-bond donors (Lipinski definition) is 1. The summed E-state index contributed by atoms with van der Waals surface area (Å²) in [6.07, 6.45) is 1.38. The number of anilines is 1. The van der Waals surface area contributed by atoms with Gasteiger partial charge in [0.25, 0.3) is 0 Å². The van der Waals surface area contributed by atoms with Crippen molar-refractivity contribution in [1.82, 2.24) is 15.1 Å². The zero-order valence-corrected chi connectivity index (χ0v) is 7.24. The van der Waals surface area contributed by atoms with Crippen molar-refractivity contribution in [3.63, 3.8) is 0 Å². The maximum atomic E-state index is 11.2. The number of H-pyrrole nitrogens is 1. The van der Waals surface area contributed by atoms with Crippen LogP contribution in [0.3, 0.4) is 0 Å². The van der Waals surface area contributed by atoms with E-state index >= 15 is 0 Å². The molecule has 0 aliphatic carbocycles. The van der Waals surface area contributed by atoms with E-state index in [2.05, 4.69) is 19.6 Å². The first-order valence-corrected chi connectivity index (χ1v) is 3.69. The van der Waals surface area contributed by atoms with E-state index in [-0.39, 0.29) is 0 Å². The molecule has 13 heavy (non-hydrogen) atoms. The average Bonchev–Trinajstić information content (AvgIpc) is 2.48. The van der Waals surface area contributed by atoms with Crippen molar-refractivity contribution in [3.8, 4) is 0 Å². The Bertz CT molecular complexity index is 484. The van der Waals surface area contributed by atoms with Crippen molar-refractivity contribution in [2.45, 2.75) is 0 Å². The first-order chi connectivity index (χ1) is 6.20. The van der Waals surface area contributed by atoms with Crippen LogP contribution in [0.4, 0.5) is 5.82 Å². The summed E-state index contributed by atoms with van der Waals surface area (Å²) in [4.78, 5) is 20.8. The van der Waals surface area contributed by atoms with Crippen molar-refractivity contribution in [2.24, 2.45) is 0 Å². The number of aromatic nitrogens is 3. The van der Waals surface area contributed by atoms with Gasteiger partial charge in [0, 0.05) is 14.1 Å². The predicted molar refractivity (Wildman–Crippen MR) is 46.8 cm³/mol. The molecule has 0 spiro atoms. The van der Waals surface area contributed by atoms with Gasteiger partial charge in [0.15, 0.2) is 5.65 Å². The van der Waals surface area contributed by atoms with E-state index in [4.69, 9.17) is 0 Å². The highest BCUT2D eigenvalue weighted by Gasteiger charge is 2.11. The van der Waals surface area contributed by atoms with Crippen LogP contribution in [-0.2, 0) is 0 Å². The fourth-order valence-electron chi connectivity index (χ4n) is 1.13. The number of rotatable bonds is 1. The van der Waals surface area contributed by atoms with Crippen LogP contribution in [0.5, 0.6) is 0 Å². The molecule has 0 radical (unpaired) electrons. The number of nitrogens with one attached hydrogen (secondary N) is 1. The van der Waals surface area contributed by atoms with Crippen LogP contribution in [0.15, 0.2) is 15.6 Å². The SMILES string of the molecule is CN(C)c1ncnc2[nH]oc(=O)c12. The zero-order valence-electron chi connectivity index (χ0n) is 7.24. The molecule has 2 aromatic heterocycles. The van der Waals surface area contributed by atoms with E-state index in [9.17, 15) is 4.79 Å². The Balaban J connectivity index is 2.88. The minimum absolute atomic E-state index is 0.382. The molecule has 6 nitrogen and oxygen atoms in total. The van der Waals surface area contributed by atoms with E-state index < -0.39 is 5.63 Å². The lowest BCUT2D eigenvalue weighted by Gasteiger charge is -2.09. The minimum atomic E-state index is -0.445. The van der Waals surface area contributed by atoms with Crippen LogP contribution in [0.1, 0.15) is 0 Å². The second kappa shape index (κ2) is 2.58. The van der Waals surface area contributed by atoms with Crippen LogP contribution < -0.4 is 10.5 Å². The summed E-state index contributed by atoms with van der Waals surface area (Å²) in [5.74, 6) is 0.556. The van der Waals surface area contributed by atoms with Gasteiger partial charge >= 0.3 is 5.63 Å². The zero-order chi connectivity index (χ0) is 9.42. The van der Waals surface area contributed by atoms with E-state index in [1.165, 1.54) is 6.33 Å². The van der Waals surface area contributed by atoms with Crippen molar-refractivity contribution >= 4 is 16.9 Å². The van der Waals surface area contributed by atoms with Crippen LogP contribution in [0.25, 0.3) is 11.0 Å². The molecule has 0 aromatic carbocycles. The van der Waals surface area contributed by atoms with E-state index in [1.54, 1.807) is 19.0 Å². The number of fused-ring (bicyclic) bond motifs is 1. The fraction of sp³-hybridized carbons (Fsp3) is 0.286. The van der Waals surface area contributed by atoms with E-state index in [0.717, 1.165) is 0 Å². The summed E-state index contributed by atoms with van der Waals surface area (Å²) < 4.78 is 4.60. The highest BCUT2D eigenvalue weighted by Crippen LogP contribution is 2.15. The van der Waals surface area contributed by atoms with Crippen LogP contribution in [0.2, 0.25) is 0 Å². The summed E-state index contributed by atoms with van der Waals surface area (Å²) in [6, 6.07) is 0. The fourth-order valence-corrected chi connectivity index (χ4v) is 1.13. The lowest BCUT2D eigenvalue weighted by atomic mass is 10.4. The third kappa shape index (κ3) is 1.07. The molecule has 0 saturated carbocycles. The summed E-state index contributed by atoms with van der Waals surface area (Å²) in [7, 11) is 3.60. The molecular weight excluding hydrogens is 172 g/mol. The standard InChI is InChI=1S/C7H8N4O2/c1-11(2)6-4-5(8-3-9-6)10-13-7(4)12/h3H,1-2H3,(H,8,9,10). The highest BCUT2D eigenvalue weighted by atomic mass is 16.5. The van der Waals surface area contributed by atoms with Gasteiger partial charge in [-0.05, 0) is 0 Å². The first kappa shape index (κ1) is 7.78. The number of nitrogens with zero attached hydrogens (tertiary/aromatic N) is 3. The molecule has 0 bridgehead atoms. The van der Waals surface area contributed by atoms with Gasteiger partial charge in [0.05, 0.1) is 0 Å². The lowest BCUT2D eigenvalue weighted by molar-refractivity contribution is 0.398. The van der Waals surface area contributed by atoms with Gasteiger partial charge in [-0.3, -0.25) is 0 Å². The van der Waals surface area contributed by atoms with Gasteiger partial charge in [-0.2, -0.15) is 5.16 Å². The maximum Gasteiger partial charge on any atom is 0.370 e. The third-order valence-corrected chi connectivity index (χ3v) is 1.70. The van der Waals surface area contributed by atoms with Crippen LogP contribution in [-0.4, -0.2) is 29.2 Å². The predicted octanol–water partition coefficient (Wildman–Crippen LogP) is -0.0229. The Morgan fingerprint density at radius 2 is 2.23 bits per heavy atom. The quantitative estimate of drug-likeness (QED) is 0.667. The Morgan fingerprint density at radius 1 is 1.46 bits per heavy atom. The molecule has 0 atom stereocenters. The van der Waals surface area contributed by atoms with Gasteiger partial charge in [0.2, 0.25) is 0 Å². The van der Waals surface area contributed by atoms with E-state index in [0.29, 0.717) is 16.9 Å². The molecule has 68 valence electrons. The topological polar surface area (TPSA) is 75.0 Å². The molecule has 1 N–H and O–H groups in total. The normalized spacial score (nSPS) is 10.6. The molecule has 2 heterocycles. The molecule has 6 heteroatoms. The molecule has 0 aliphatic heterocycles. The van der Waals surface area contributed by atoms with Gasteiger partial charge in [-0.25, -0.2) is 14.8 Å². The number of hydrogen-bond acceptors (Lipinski definition) is 5. The van der Waals surface area contributed by atoms with Gasteiger partial charge < -0.3 is 9.42 Å². The molecule has 0 aliphatic rings. The largest absolute Gasteiger partial charge is 0.370 e. The summed E-state index contributed by atoms with van der Waals surface area (Å²) in [5.41, 5.74) is -0.0250. The van der Waals surface area contributed by atoms with Crippen LogP contribution in [0, 0.1) is 0 Å². The summed E-state index contributed by atoms with van der Waals surface area (Å²) >= 11 is 0. The Hall–Kier alpha value is -1.85. The molecule has 2 rings (SSSR count). The van der Waals surface area contributed by atoms with Crippen molar-refractivity contribution in [3.05, 3.63) is 16.7 Å². The monoisotopic (exact) mass is 180 g/mol. The first-order valence-electron chi connectivity index (χ1n) is 3.69. The third-order valence-electron chi connectivity index (χ3n) is 1.70.